The van der Waals surface area contributed by atoms with E-state index in [0.717, 1.165) is 35.6 Å². The summed E-state index contributed by atoms with van der Waals surface area (Å²) in [6.07, 6.45) is 3.09. The van der Waals surface area contributed by atoms with Crippen molar-refractivity contribution in [3.63, 3.8) is 0 Å². The SMILES string of the molecule is COc1ccc(SCC(=O)NC2CCCc3cc(N)ccc32)cc1. The number of nitrogens with one attached hydrogen (secondary N) is 1. The summed E-state index contributed by atoms with van der Waals surface area (Å²) in [5, 5.41) is 3.16. The third-order valence-corrected chi connectivity index (χ3v) is 5.26. The number of benzene rings is 2. The number of methoxy groups -OCH3 is 1. The maximum Gasteiger partial charge on any atom is 0.230 e. The Hall–Kier alpha value is -2.14. The third kappa shape index (κ3) is 4.03. The normalized spacial score (nSPS) is 16.3. The highest BCUT2D eigenvalue weighted by Crippen LogP contribution is 2.31. The van der Waals surface area contributed by atoms with Gasteiger partial charge in [0, 0.05) is 10.6 Å². The van der Waals surface area contributed by atoms with Crippen LogP contribution in [-0.2, 0) is 11.2 Å². The molecule has 1 amide bonds. The molecule has 0 aromatic heterocycles. The van der Waals surface area contributed by atoms with Crippen molar-refractivity contribution in [2.24, 2.45) is 0 Å². The number of thioether (sulfide) groups is 1. The molecule has 0 radical (unpaired) electrons. The highest BCUT2D eigenvalue weighted by atomic mass is 32.2. The van der Waals surface area contributed by atoms with Crippen molar-refractivity contribution in [1.29, 1.82) is 0 Å². The van der Waals surface area contributed by atoms with Crippen LogP contribution in [0.2, 0.25) is 0 Å². The Balaban J connectivity index is 1.57. The molecule has 0 heterocycles. The van der Waals surface area contributed by atoms with E-state index in [1.165, 1.54) is 22.9 Å². The molecule has 1 atom stereocenters. The van der Waals surface area contributed by atoms with Crippen LogP contribution in [0.25, 0.3) is 0 Å². The fourth-order valence-corrected chi connectivity index (χ4v) is 3.75. The van der Waals surface area contributed by atoms with E-state index in [1.807, 2.05) is 42.5 Å². The number of amides is 1. The van der Waals surface area contributed by atoms with Gasteiger partial charge in [-0.1, -0.05) is 6.07 Å². The second-order valence-electron chi connectivity index (χ2n) is 5.93. The Labute approximate surface area is 146 Å². The second kappa shape index (κ2) is 7.62. The number of rotatable bonds is 5. The molecule has 0 aliphatic heterocycles. The number of hydrogen-bond donors (Lipinski definition) is 2. The Kier molecular flexibility index (Phi) is 5.30. The van der Waals surface area contributed by atoms with E-state index < -0.39 is 0 Å². The number of carbonyl (C=O) groups excluding carboxylic acids is 1. The topological polar surface area (TPSA) is 64.3 Å². The lowest BCUT2D eigenvalue weighted by molar-refractivity contribution is -0.119. The van der Waals surface area contributed by atoms with Crippen molar-refractivity contribution in [3.8, 4) is 5.75 Å². The van der Waals surface area contributed by atoms with Crippen molar-refractivity contribution >= 4 is 23.4 Å². The molecule has 1 aliphatic carbocycles. The highest BCUT2D eigenvalue weighted by molar-refractivity contribution is 8.00. The minimum atomic E-state index is 0.0606. The molecule has 24 heavy (non-hydrogen) atoms. The monoisotopic (exact) mass is 342 g/mol. The van der Waals surface area contributed by atoms with Gasteiger partial charge < -0.3 is 15.8 Å². The molecular formula is C19H22N2O2S. The maximum atomic E-state index is 12.3. The molecule has 1 unspecified atom stereocenters. The number of ether oxygens (including phenoxy) is 1. The standard InChI is InChI=1S/C19H22N2O2S/c1-23-15-6-8-16(9-7-15)24-12-19(22)21-18-4-2-3-13-11-14(20)5-10-17(13)18/h5-11,18H,2-4,12,20H2,1H3,(H,21,22). The third-order valence-electron chi connectivity index (χ3n) is 4.25. The van der Waals surface area contributed by atoms with Crippen molar-refractivity contribution in [3.05, 3.63) is 53.6 Å². The van der Waals surface area contributed by atoms with Crippen LogP contribution in [-0.4, -0.2) is 18.8 Å². The van der Waals surface area contributed by atoms with Gasteiger partial charge in [0.2, 0.25) is 5.91 Å². The van der Waals surface area contributed by atoms with Crippen LogP contribution in [0.4, 0.5) is 5.69 Å². The van der Waals surface area contributed by atoms with E-state index in [0.29, 0.717) is 5.75 Å². The molecule has 3 rings (SSSR count). The molecule has 4 nitrogen and oxygen atoms in total. The molecule has 2 aromatic rings. The van der Waals surface area contributed by atoms with Crippen LogP contribution in [0.5, 0.6) is 5.75 Å². The fraction of sp³-hybridized carbons (Fsp3) is 0.316. The summed E-state index contributed by atoms with van der Waals surface area (Å²) in [7, 11) is 1.64. The minimum Gasteiger partial charge on any atom is -0.497 e. The Morgan fingerprint density at radius 2 is 2.08 bits per heavy atom. The molecule has 0 saturated heterocycles. The summed E-state index contributed by atoms with van der Waals surface area (Å²) >= 11 is 1.53. The molecule has 0 fully saturated rings. The molecule has 3 N–H and O–H groups in total. The molecule has 1 aliphatic rings. The molecule has 2 aromatic carbocycles. The lowest BCUT2D eigenvalue weighted by Gasteiger charge is -2.26. The largest absolute Gasteiger partial charge is 0.497 e. The second-order valence-corrected chi connectivity index (χ2v) is 6.98. The van der Waals surface area contributed by atoms with E-state index in [2.05, 4.69) is 5.32 Å². The number of aryl methyl sites for hydroxylation is 1. The number of fused-ring (bicyclic) bond motifs is 1. The van der Waals surface area contributed by atoms with Gasteiger partial charge in [0.25, 0.3) is 0 Å². The summed E-state index contributed by atoms with van der Waals surface area (Å²) in [6.45, 7) is 0. The molecular weight excluding hydrogens is 320 g/mol. The first kappa shape index (κ1) is 16.7. The van der Waals surface area contributed by atoms with Gasteiger partial charge in [-0.2, -0.15) is 0 Å². The van der Waals surface area contributed by atoms with Crippen LogP contribution < -0.4 is 15.8 Å². The summed E-state index contributed by atoms with van der Waals surface area (Å²) in [5.41, 5.74) is 9.11. The molecule has 0 saturated carbocycles. The van der Waals surface area contributed by atoms with Crippen LogP contribution in [0.3, 0.4) is 0 Å². The van der Waals surface area contributed by atoms with E-state index in [-0.39, 0.29) is 11.9 Å². The van der Waals surface area contributed by atoms with Crippen molar-refractivity contribution < 1.29 is 9.53 Å². The lowest BCUT2D eigenvalue weighted by Crippen LogP contribution is -2.32. The maximum absolute atomic E-state index is 12.3. The number of nitrogen functional groups attached to an aromatic ring is 1. The van der Waals surface area contributed by atoms with Gasteiger partial charge in [-0.15, -0.1) is 11.8 Å². The molecule has 5 heteroatoms. The van der Waals surface area contributed by atoms with Gasteiger partial charge in [0.05, 0.1) is 18.9 Å². The van der Waals surface area contributed by atoms with Crippen LogP contribution >= 0.6 is 11.8 Å². The van der Waals surface area contributed by atoms with Crippen molar-refractivity contribution in [2.45, 2.75) is 30.2 Å². The number of carbonyl (C=O) groups is 1. The van der Waals surface area contributed by atoms with Gasteiger partial charge in [-0.25, -0.2) is 0 Å². The smallest absolute Gasteiger partial charge is 0.230 e. The zero-order valence-corrected chi connectivity index (χ0v) is 14.6. The quantitative estimate of drug-likeness (QED) is 0.644. The van der Waals surface area contributed by atoms with Crippen molar-refractivity contribution in [1.82, 2.24) is 5.32 Å². The van der Waals surface area contributed by atoms with Gasteiger partial charge in [-0.05, 0) is 66.8 Å². The fourth-order valence-electron chi connectivity index (χ4n) is 3.04. The number of anilines is 1. The van der Waals surface area contributed by atoms with Crippen molar-refractivity contribution in [2.75, 3.05) is 18.6 Å². The van der Waals surface area contributed by atoms with E-state index in [4.69, 9.17) is 10.5 Å². The van der Waals surface area contributed by atoms with E-state index in [9.17, 15) is 4.79 Å². The Morgan fingerprint density at radius 3 is 2.83 bits per heavy atom. The van der Waals surface area contributed by atoms with Crippen LogP contribution in [0, 0.1) is 0 Å². The minimum absolute atomic E-state index is 0.0606. The van der Waals surface area contributed by atoms with E-state index >= 15 is 0 Å². The average molecular weight is 342 g/mol. The summed E-state index contributed by atoms with van der Waals surface area (Å²) in [6, 6.07) is 13.8. The predicted octanol–water partition coefficient (Wildman–Crippen LogP) is 3.56. The average Bonchev–Trinajstić information content (AvgIpc) is 2.60. The predicted molar refractivity (Wildman–Crippen MR) is 98.4 cm³/mol. The first-order valence-electron chi connectivity index (χ1n) is 8.10. The first-order valence-corrected chi connectivity index (χ1v) is 9.09. The van der Waals surface area contributed by atoms with Gasteiger partial charge in [0.1, 0.15) is 5.75 Å². The van der Waals surface area contributed by atoms with Gasteiger partial charge >= 0.3 is 0 Å². The summed E-state index contributed by atoms with van der Waals surface area (Å²) in [5.74, 6) is 1.29. The van der Waals surface area contributed by atoms with Gasteiger partial charge in [-0.3, -0.25) is 4.79 Å². The Morgan fingerprint density at radius 1 is 1.29 bits per heavy atom. The van der Waals surface area contributed by atoms with Crippen LogP contribution in [0.15, 0.2) is 47.4 Å². The summed E-state index contributed by atoms with van der Waals surface area (Å²) < 4.78 is 5.14. The Bertz CT molecular complexity index is 716. The van der Waals surface area contributed by atoms with Crippen LogP contribution in [0.1, 0.15) is 30.0 Å². The van der Waals surface area contributed by atoms with Gasteiger partial charge in [0.15, 0.2) is 0 Å². The highest BCUT2D eigenvalue weighted by Gasteiger charge is 2.21. The lowest BCUT2D eigenvalue weighted by atomic mass is 9.87. The first-order chi connectivity index (χ1) is 11.7. The number of nitrogens with two attached hydrogens (primary N) is 1. The zero-order chi connectivity index (χ0) is 16.9. The van der Waals surface area contributed by atoms with E-state index in [1.54, 1.807) is 7.11 Å². The number of hydrogen-bond acceptors (Lipinski definition) is 4. The zero-order valence-electron chi connectivity index (χ0n) is 13.7. The molecule has 126 valence electrons. The summed E-state index contributed by atoms with van der Waals surface area (Å²) in [4.78, 5) is 13.4. The molecule has 0 bridgehead atoms. The molecule has 0 spiro atoms.